The Morgan fingerprint density at radius 3 is 2.92 bits per heavy atom. The molecule has 0 unspecified atom stereocenters. The Balaban J connectivity index is 1.68. The molecule has 0 radical (unpaired) electrons. The van der Waals surface area contributed by atoms with Crippen LogP contribution in [0.25, 0.3) is 5.69 Å². The van der Waals surface area contributed by atoms with Gasteiger partial charge < -0.3 is 10.6 Å². The third-order valence-electron chi connectivity index (χ3n) is 4.91. The number of hydrogen-bond acceptors (Lipinski definition) is 3. The van der Waals surface area contributed by atoms with Crippen LogP contribution in [-0.4, -0.2) is 29.4 Å². The summed E-state index contributed by atoms with van der Waals surface area (Å²) in [5.74, 6) is 0.812. The van der Waals surface area contributed by atoms with Gasteiger partial charge in [0.05, 0.1) is 11.4 Å². The molecule has 5 heteroatoms. The van der Waals surface area contributed by atoms with Crippen molar-refractivity contribution in [3.8, 4) is 5.69 Å². The van der Waals surface area contributed by atoms with E-state index in [0.29, 0.717) is 0 Å². The molecule has 24 heavy (non-hydrogen) atoms. The molecule has 1 aromatic heterocycles. The summed E-state index contributed by atoms with van der Waals surface area (Å²) in [7, 11) is 0. The summed E-state index contributed by atoms with van der Waals surface area (Å²) in [5, 5.41) is 12.3. The summed E-state index contributed by atoms with van der Waals surface area (Å²) < 4.78 is 1.87. The van der Waals surface area contributed by atoms with Crippen molar-refractivity contribution in [2.45, 2.75) is 40.2 Å². The van der Waals surface area contributed by atoms with E-state index in [1.165, 1.54) is 24.0 Å². The number of nitrogens with zero attached hydrogens (tertiary/aromatic N) is 2. The molecule has 0 bridgehead atoms. The molecule has 0 aliphatic carbocycles. The lowest BCUT2D eigenvalue weighted by Gasteiger charge is -2.10. The molecule has 2 aromatic rings. The third-order valence-corrected chi connectivity index (χ3v) is 5.30. The molecular weight excluding hydrogens is 320 g/mol. The van der Waals surface area contributed by atoms with E-state index in [1.54, 1.807) is 0 Å². The van der Waals surface area contributed by atoms with Gasteiger partial charge in [-0.3, -0.25) is 0 Å². The highest BCUT2D eigenvalue weighted by Gasteiger charge is 2.17. The minimum Gasteiger partial charge on any atom is -0.316 e. The van der Waals surface area contributed by atoms with Gasteiger partial charge in [0.15, 0.2) is 0 Å². The first kappa shape index (κ1) is 17.5. The molecule has 4 nitrogen and oxygen atoms in total. The minimum absolute atomic E-state index is 0.719. The van der Waals surface area contributed by atoms with Crippen molar-refractivity contribution in [2.75, 3.05) is 19.6 Å². The SMILES string of the molecule is Cc1ccc(C)c(-n2nc(C)c(CNCC[C@@H]3CCNC3)c2Cl)c1. The summed E-state index contributed by atoms with van der Waals surface area (Å²) in [6.45, 7) is 10.3. The van der Waals surface area contributed by atoms with Crippen molar-refractivity contribution in [3.05, 3.63) is 45.7 Å². The molecule has 0 saturated carbocycles. The van der Waals surface area contributed by atoms with Crippen LogP contribution in [0.5, 0.6) is 0 Å². The third kappa shape index (κ3) is 3.82. The predicted molar refractivity (Wildman–Crippen MR) is 100 cm³/mol. The molecule has 2 heterocycles. The van der Waals surface area contributed by atoms with Crippen molar-refractivity contribution in [2.24, 2.45) is 5.92 Å². The molecule has 1 saturated heterocycles. The lowest BCUT2D eigenvalue weighted by molar-refractivity contribution is 0.500. The average Bonchev–Trinajstić information content (AvgIpc) is 3.16. The zero-order chi connectivity index (χ0) is 17.1. The Labute approximate surface area is 149 Å². The van der Waals surface area contributed by atoms with E-state index >= 15 is 0 Å². The van der Waals surface area contributed by atoms with E-state index in [1.807, 2.05) is 11.6 Å². The molecule has 130 valence electrons. The summed E-state index contributed by atoms with van der Waals surface area (Å²) in [5.41, 5.74) is 5.55. The molecule has 0 spiro atoms. The van der Waals surface area contributed by atoms with Gasteiger partial charge in [-0.1, -0.05) is 23.7 Å². The maximum absolute atomic E-state index is 6.64. The first-order valence-electron chi connectivity index (χ1n) is 8.79. The zero-order valence-corrected chi connectivity index (χ0v) is 15.6. The molecule has 3 rings (SSSR count). The van der Waals surface area contributed by atoms with Gasteiger partial charge in [-0.25, -0.2) is 4.68 Å². The Morgan fingerprint density at radius 1 is 1.33 bits per heavy atom. The van der Waals surface area contributed by atoms with Crippen LogP contribution in [0, 0.1) is 26.7 Å². The van der Waals surface area contributed by atoms with Gasteiger partial charge in [0.2, 0.25) is 0 Å². The summed E-state index contributed by atoms with van der Waals surface area (Å²) in [6, 6.07) is 6.37. The fourth-order valence-corrected chi connectivity index (χ4v) is 3.65. The maximum Gasteiger partial charge on any atom is 0.137 e. The predicted octanol–water partition coefficient (Wildman–Crippen LogP) is 3.54. The van der Waals surface area contributed by atoms with E-state index in [-0.39, 0.29) is 0 Å². The van der Waals surface area contributed by atoms with Crippen molar-refractivity contribution >= 4 is 11.6 Å². The van der Waals surface area contributed by atoms with Crippen LogP contribution < -0.4 is 10.6 Å². The highest BCUT2D eigenvalue weighted by atomic mass is 35.5. The molecule has 1 atom stereocenters. The number of halogens is 1. The lowest BCUT2D eigenvalue weighted by atomic mass is 10.1. The second-order valence-corrected chi connectivity index (χ2v) is 7.24. The van der Waals surface area contributed by atoms with Gasteiger partial charge in [-0.05, 0) is 76.4 Å². The fourth-order valence-electron chi connectivity index (χ4n) is 3.32. The van der Waals surface area contributed by atoms with Crippen LogP contribution in [0.4, 0.5) is 0 Å². The normalized spacial score (nSPS) is 17.6. The molecule has 1 fully saturated rings. The Hall–Kier alpha value is -1.36. The second kappa shape index (κ2) is 7.68. The van der Waals surface area contributed by atoms with Gasteiger partial charge in [0.1, 0.15) is 5.15 Å². The second-order valence-electron chi connectivity index (χ2n) is 6.88. The first-order chi connectivity index (χ1) is 11.6. The van der Waals surface area contributed by atoms with Crippen LogP contribution in [-0.2, 0) is 6.54 Å². The maximum atomic E-state index is 6.64. The highest BCUT2D eigenvalue weighted by Crippen LogP contribution is 2.26. The van der Waals surface area contributed by atoms with Gasteiger partial charge in [0, 0.05) is 12.1 Å². The number of hydrogen-bond donors (Lipinski definition) is 2. The topological polar surface area (TPSA) is 41.9 Å². The van der Waals surface area contributed by atoms with E-state index in [2.05, 4.69) is 47.8 Å². The molecule has 2 N–H and O–H groups in total. The van der Waals surface area contributed by atoms with Gasteiger partial charge >= 0.3 is 0 Å². The lowest BCUT2D eigenvalue weighted by Crippen LogP contribution is -2.19. The Kier molecular flexibility index (Phi) is 5.59. The number of aromatic nitrogens is 2. The van der Waals surface area contributed by atoms with E-state index in [0.717, 1.165) is 54.2 Å². The van der Waals surface area contributed by atoms with Gasteiger partial charge in [-0.2, -0.15) is 5.10 Å². The minimum atomic E-state index is 0.719. The monoisotopic (exact) mass is 346 g/mol. The van der Waals surface area contributed by atoms with E-state index in [4.69, 9.17) is 11.6 Å². The summed E-state index contributed by atoms with van der Waals surface area (Å²) >= 11 is 6.64. The molecule has 1 aliphatic heterocycles. The Morgan fingerprint density at radius 2 is 2.17 bits per heavy atom. The van der Waals surface area contributed by atoms with E-state index < -0.39 is 0 Å². The van der Waals surface area contributed by atoms with Gasteiger partial charge in [0.25, 0.3) is 0 Å². The quantitative estimate of drug-likeness (QED) is 0.786. The molecular formula is C19H27ClN4. The largest absolute Gasteiger partial charge is 0.316 e. The van der Waals surface area contributed by atoms with Crippen LogP contribution in [0.15, 0.2) is 18.2 Å². The molecule has 0 amide bonds. The van der Waals surface area contributed by atoms with Crippen molar-refractivity contribution in [1.29, 1.82) is 0 Å². The van der Waals surface area contributed by atoms with Crippen molar-refractivity contribution < 1.29 is 0 Å². The van der Waals surface area contributed by atoms with Crippen LogP contribution in [0.1, 0.15) is 35.2 Å². The number of rotatable bonds is 6. The van der Waals surface area contributed by atoms with Gasteiger partial charge in [-0.15, -0.1) is 0 Å². The van der Waals surface area contributed by atoms with Crippen molar-refractivity contribution in [1.82, 2.24) is 20.4 Å². The first-order valence-corrected chi connectivity index (χ1v) is 9.17. The standard InChI is InChI=1S/C19H27ClN4/c1-13-4-5-14(2)18(10-13)24-19(20)17(15(3)23-24)12-22-9-7-16-6-8-21-11-16/h4-5,10,16,21-22H,6-9,11-12H2,1-3H3/t16-/m0/s1. The summed E-state index contributed by atoms with van der Waals surface area (Å²) in [6.07, 6.45) is 2.51. The van der Waals surface area contributed by atoms with E-state index in [9.17, 15) is 0 Å². The summed E-state index contributed by atoms with van der Waals surface area (Å²) in [4.78, 5) is 0. The van der Waals surface area contributed by atoms with Crippen LogP contribution >= 0.6 is 11.6 Å². The molecule has 1 aromatic carbocycles. The fraction of sp³-hybridized carbons (Fsp3) is 0.526. The number of nitrogens with one attached hydrogen (secondary N) is 2. The smallest absolute Gasteiger partial charge is 0.137 e. The zero-order valence-electron chi connectivity index (χ0n) is 14.8. The Bertz CT molecular complexity index is 702. The highest BCUT2D eigenvalue weighted by molar-refractivity contribution is 6.30. The van der Waals surface area contributed by atoms with Crippen molar-refractivity contribution in [3.63, 3.8) is 0 Å². The molecule has 1 aliphatic rings. The van der Waals surface area contributed by atoms with Crippen LogP contribution in [0.2, 0.25) is 5.15 Å². The number of aryl methyl sites for hydroxylation is 3. The van der Waals surface area contributed by atoms with Crippen LogP contribution in [0.3, 0.4) is 0 Å². The average molecular weight is 347 g/mol. The number of benzene rings is 1.